The van der Waals surface area contributed by atoms with Crippen molar-refractivity contribution >= 4 is 21.8 Å². The second-order valence-corrected chi connectivity index (χ2v) is 5.39. The van der Waals surface area contributed by atoms with Crippen molar-refractivity contribution < 1.29 is 18.7 Å². The number of methoxy groups -OCH3 is 2. The van der Waals surface area contributed by atoms with Gasteiger partial charge in [0.2, 0.25) is 0 Å². The van der Waals surface area contributed by atoms with Crippen LogP contribution in [-0.2, 0) is 6.54 Å². The van der Waals surface area contributed by atoms with E-state index in [-0.39, 0.29) is 5.91 Å². The zero-order chi connectivity index (χ0) is 16.1. The summed E-state index contributed by atoms with van der Waals surface area (Å²) in [6.45, 7) is 2.97. The van der Waals surface area contributed by atoms with Crippen molar-refractivity contribution in [3.8, 4) is 11.5 Å². The molecule has 0 aliphatic heterocycles. The lowest BCUT2D eigenvalue weighted by Crippen LogP contribution is -2.30. The SMILES string of the molecule is CCN(Cc1ccc(OC)c(OC)c1)C(=O)c1ccc(Br)o1. The Bertz CT molecular complexity index is 653. The third kappa shape index (κ3) is 3.62. The average molecular weight is 368 g/mol. The number of halogens is 1. The van der Waals surface area contributed by atoms with Gasteiger partial charge in [-0.3, -0.25) is 4.79 Å². The Morgan fingerprint density at radius 2 is 1.91 bits per heavy atom. The van der Waals surface area contributed by atoms with Crippen LogP contribution in [0.4, 0.5) is 0 Å². The fourth-order valence-electron chi connectivity index (χ4n) is 2.11. The molecule has 22 heavy (non-hydrogen) atoms. The van der Waals surface area contributed by atoms with Crippen LogP contribution in [0.5, 0.6) is 11.5 Å². The third-order valence-electron chi connectivity index (χ3n) is 3.27. The Balaban J connectivity index is 2.18. The van der Waals surface area contributed by atoms with Crippen molar-refractivity contribution in [3.63, 3.8) is 0 Å². The summed E-state index contributed by atoms with van der Waals surface area (Å²) in [6, 6.07) is 8.97. The van der Waals surface area contributed by atoms with Gasteiger partial charge < -0.3 is 18.8 Å². The van der Waals surface area contributed by atoms with Crippen molar-refractivity contribution in [2.75, 3.05) is 20.8 Å². The number of benzene rings is 1. The molecule has 0 aliphatic rings. The van der Waals surface area contributed by atoms with Gasteiger partial charge in [-0.1, -0.05) is 6.07 Å². The van der Waals surface area contributed by atoms with E-state index in [1.807, 2.05) is 25.1 Å². The van der Waals surface area contributed by atoms with E-state index < -0.39 is 0 Å². The van der Waals surface area contributed by atoms with Gasteiger partial charge >= 0.3 is 0 Å². The zero-order valence-electron chi connectivity index (χ0n) is 12.8. The molecular weight excluding hydrogens is 350 g/mol. The number of amides is 1. The molecule has 0 fully saturated rings. The molecule has 0 aliphatic carbocycles. The summed E-state index contributed by atoms with van der Waals surface area (Å²) in [6.07, 6.45) is 0. The van der Waals surface area contributed by atoms with Crippen molar-refractivity contribution in [1.29, 1.82) is 0 Å². The van der Waals surface area contributed by atoms with Gasteiger partial charge in [0.15, 0.2) is 21.9 Å². The molecule has 0 N–H and O–H groups in total. The van der Waals surface area contributed by atoms with Crippen LogP contribution in [-0.4, -0.2) is 31.6 Å². The van der Waals surface area contributed by atoms with Gasteiger partial charge in [-0.05, 0) is 52.7 Å². The number of hydrogen-bond donors (Lipinski definition) is 0. The quantitative estimate of drug-likeness (QED) is 0.780. The number of carbonyl (C=O) groups is 1. The van der Waals surface area contributed by atoms with Crippen LogP contribution in [0.2, 0.25) is 0 Å². The smallest absolute Gasteiger partial charge is 0.289 e. The lowest BCUT2D eigenvalue weighted by atomic mass is 10.2. The lowest BCUT2D eigenvalue weighted by Gasteiger charge is -2.20. The molecule has 6 heteroatoms. The van der Waals surface area contributed by atoms with E-state index in [2.05, 4.69) is 15.9 Å². The van der Waals surface area contributed by atoms with Gasteiger partial charge in [-0.25, -0.2) is 0 Å². The zero-order valence-corrected chi connectivity index (χ0v) is 14.3. The molecule has 0 saturated carbocycles. The minimum absolute atomic E-state index is 0.150. The Labute approximate surface area is 137 Å². The van der Waals surface area contributed by atoms with Crippen LogP contribution in [0.3, 0.4) is 0 Å². The molecule has 1 heterocycles. The monoisotopic (exact) mass is 367 g/mol. The van der Waals surface area contributed by atoms with Crippen LogP contribution < -0.4 is 9.47 Å². The first-order chi connectivity index (χ1) is 10.6. The molecule has 0 atom stereocenters. The number of carbonyl (C=O) groups excluding carboxylic acids is 1. The standard InChI is InChI=1S/C16H18BrNO4/c1-4-18(16(19)13-7-8-15(17)22-13)10-11-5-6-12(20-2)14(9-11)21-3/h5-9H,4,10H2,1-3H3. The van der Waals surface area contributed by atoms with Crippen LogP contribution in [0.15, 0.2) is 39.4 Å². The van der Waals surface area contributed by atoms with Crippen molar-refractivity contribution in [2.24, 2.45) is 0 Å². The minimum Gasteiger partial charge on any atom is -0.493 e. The maximum absolute atomic E-state index is 12.4. The van der Waals surface area contributed by atoms with Crippen LogP contribution in [0.1, 0.15) is 23.0 Å². The molecule has 118 valence electrons. The Morgan fingerprint density at radius 3 is 2.45 bits per heavy atom. The Hall–Kier alpha value is -1.95. The fraction of sp³-hybridized carbons (Fsp3) is 0.312. The van der Waals surface area contributed by atoms with Crippen molar-refractivity contribution in [1.82, 2.24) is 4.90 Å². The van der Waals surface area contributed by atoms with Crippen LogP contribution >= 0.6 is 15.9 Å². The summed E-state index contributed by atoms with van der Waals surface area (Å²) in [4.78, 5) is 14.1. The molecule has 2 rings (SSSR count). The van der Waals surface area contributed by atoms with E-state index in [9.17, 15) is 4.79 Å². The van der Waals surface area contributed by atoms with Gasteiger partial charge in [0.25, 0.3) is 5.91 Å². The minimum atomic E-state index is -0.150. The lowest BCUT2D eigenvalue weighted by molar-refractivity contribution is 0.0719. The maximum atomic E-state index is 12.4. The Morgan fingerprint density at radius 1 is 1.18 bits per heavy atom. The Kier molecular flexibility index (Phi) is 5.49. The third-order valence-corrected chi connectivity index (χ3v) is 3.70. The maximum Gasteiger partial charge on any atom is 0.289 e. The molecular formula is C16H18BrNO4. The number of furan rings is 1. The topological polar surface area (TPSA) is 51.9 Å². The summed E-state index contributed by atoms with van der Waals surface area (Å²) < 4.78 is 16.4. The van der Waals surface area contributed by atoms with Crippen LogP contribution in [0, 0.1) is 0 Å². The summed E-state index contributed by atoms with van der Waals surface area (Å²) in [5.74, 6) is 1.47. The summed E-state index contributed by atoms with van der Waals surface area (Å²) >= 11 is 3.21. The molecule has 1 aromatic heterocycles. The van der Waals surface area contributed by atoms with E-state index in [1.54, 1.807) is 31.3 Å². The summed E-state index contributed by atoms with van der Waals surface area (Å²) in [5.41, 5.74) is 0.957. The predicted octanol–water partition coefficient (Wildman–Crippen LogP) is 3.72. The highest BCUT2D eigenvalue weighted by Gasteiger charge is 2.18. The molecule has 1 aromatic carbocycles. The molecule has 0 spiro atoms. The fourth-order valence-corrected chi connectivity index (χ4v) is 2.42. The molecule has 0 radical (unpaired) electrons. The molecule has 0 unspecified atom stereocenters. The highest BCUT2D eigenvalue weighted by Crippen LogP contribution is 2.28. The van der Waals surface area contributed by atoms with E-state index >= 15 is 0 Å². The van der Waals surface area contributed by atoms with Gasteiger partial charge in [-0.2, -0.15) is 0 Å². The summed E-state index contributed by atoms with van der Waals surface area (Å²) in [7, 11) is 3.18. The molecule has 2 aromatic rings. The molecule has 5 nitrogen and oxygen atoms in total. The normalized spacial score (nSPS) is 10.4. The first kappa shape index (κ1) is 16.4. The average Bonchev–Trinajstić information content (AvgIpc) is 2.98. The van der Waals surface area contributed by atoms with E-state index in [0.717, 1.165) is 5.56 Å². The molecule has 0 bridgehead atoms. The van der Waals surface area contributed by atoms with Crippen LogP contribution in [0.25, 0.3) is 0 Å². The summed E-state index contributed by atoms with van der Waals surface area (Å²) in [5, 5.41) is 0. The largest absolute Gasteiger partial charge is 0.493 e. The highest BCUT2D eigenvalue weighted by atomic mass is 79.9. The van der Waals surface area contributed by atoms with Crippen molar-refractivity contribution in [2.45, 2.75) is 13.5 Å². The van der Waals surface area contributed by atoms with Crippen molar-refractivity contribution in [3.05, 3.63) is 46.3 Å². The second-order valence-electron chi connectivity index (χ2n) is 4.61. The molecule has 1 amide bonds. The number of hydrogen-bond acceptors (Lipinski definition) is 4. The van der Waals surface area contributed by atoms with Gasteiger partial charge in [-0.15, -0.1) is 0 Å². The second kappa shape index (κ2) is 7.35. The van der Waals surface area contributed by atoms with Gasteiger partial charge in [0, 0.05) is 13.1 Å². The first-order valence-corrected chi connectivity index (χ1v) is 7.63. The van der Waals surface area contributed by atoms with Gasteiger partial charge in [0.05, 0.1) is 14.2 Å². The molecule has 0 saturated heterocycles. The number of nitrogens with zero attached hydrogens (tertiary/aromatic N) is 1. The predicted molar refractivity (Wildman–Crippen MR) is 86.4 cm³/mol. The number of rotatable bonds is 6. The van der Waals surface area contributed by atoms with E-state index in [1.165, 1.54) is 0 Å². The number of ether oxygens (including phenoxy) is 2. The van der Waals surface area contributed by atoms with E-state index in [0.29, 0.717) is 35.0 Å². The first-order valence-electron chi connectivity index (χ1n) is 6.84. The highest BCUT2D eigenvalue weighted by molar-refractivity contribution is 9.10. The van der Waals surface area contributed by atoms with E-state index in [4.69, 9.17) is 13.9 Å². The van der Waals surface area contributed by atoms with Gasteiger partial charge in [0.1, 0.15) is 0 Å².